The molecule has 0 saturated heterocycles. The molecular formula is C11H20N4. The van der Waals surface area contributed by atoms with Crippen LogP contribution in [0.25, 0.3) is 0 Å². The van der Waals surface area contributed by atoms with Crippen molar-refractivity contribution in [1.29, 1.82) is 0 Å². The monoisotopic (exact) mass is 208 g/mol. The molecule has 1 unspecified atom stereocenters. The van der Waals surface area contributed by atoms with Gasteiger partial charge in [0.1, 0.15) is 5.82 Å². The van der Waals surface area contributed by atoms with E-state index in [1.165, 1.54) is 0 Å². The molecule has 1 aromatic heterocycles. The Morgan fingerprint density at radius 1 is 1.40 bits per heavy atom. The zero-order valence-electron chi connectivity index (χ0n) is 9.99. The van der Waals surface area contributed by atoms with Gasteiger partial charge in [-0.05, 0) is 27.2 Å². The molecule has 0 bridgehead atoms. The molecule has 0 aliphatic heterocycles. The lowest BCUT2D eigenvalue weighted by Gasteiger charge is -2.19. The van der Waals surface area contributed by atoms with Crippen molar-refractivity contribution in [2.75, 3.05) is 18.5 Å². The van der Waals surface area contributed by atoms with E-state index in [1.54, 1.807) is 0 Å². The predicted octanol–water partition coefficient (Wildman–Crippen LogP) is 1.27. The number of nitrogens with two attached hydrogens (primary N) is 1. The van der Waals surface area contributed by atoms with E-state index < -0.39 is 0 Å². The average Bonchev–Trinajstić information content (AvgIpc) is 2.18. The van der Waals surface area contributed by atoms with Gasteiger partial charge in [0.2, 0.25) is 0 Å². The second kappa shape index (κ2) is 5.07. The third kappa shape index (κ3) is 3.47. The molecule has 15 heavy (non-hydrogen) atoms. The first kappa shape index (κ1) is 11.9. The summed E-state index contributed by atoms with van der Waals surface area (Å²) in [5, 5.41) is 0. The molecular weight excluding hydrogens is 188 g/mol. The molecule has 1 heterocycles. The van der Waals surface area contributed by atoms with Crippen LogP contribution in [-0.4, -0.2) is 29.6 Å². The third-order valence-electron chi connectivity index (χ3n) is 2.49. The topological polar surface area (TPSA) is 55.0 Å². The summed E-state index contributed by atoms with van der Waals surface area (Å²) in [6.45, 7) is 6.87. The van der Waals surface area contributed by atoms with Gasteiger partial charge in [0, 0.05) is 19.6 Å². The third-order valence-corrected chi connectivity index (χ3v) is 2.49. The zero-order chi connectivity index (χ0) is 11.4. The fourth-order valence-corrected chi connectivity index (χ4v) is 1.23. The maximum absolute atomic E-state index is 5.71. The molecule has 2 N–H and O–H groups in total. The van der Waals surface area contributed by atoms with E-state index in [-0.39, 0.29) is 6.04 Å². The van der Waals surface area contributed by atoms with Gasteiger partial charge < -0.3 is 10.6 Å². The highest BCUT2D eigenvalue weighted by Gasteiger charge is 2.05. The lowest BCUT2D eigenvalue weighted by Crippen LogP contribution is -2.26. The summed E-state index contributed by atoms with van der Waals surface area (Å²) in [5.74, 6) is 0.916. The number of rotatable bonds is 4. The Bertz CT molecular complexity index is 322. The van der Waals surface area contributed by atoms with Crippen LogP contribution in [0.4, 0.5) is 5.82 Å². The van der Waals surface area contributed by atoms with Gasteiger partial charge in [-0.25, -0.2) is 4.98 Å². The van der Waals surface area contributed by atoms with Gasteiger partial charge in [0.15, 0.2) is 0 Å². The summed E-state index contributed by atoms with van der Waals surface area (Å²) in [7, 11) is 2.02. The minimum absolute atomic E-state index is 0.229. The zero-order valence-corrected chi connectivity index (χ0v) is 9.99. The van der Waals surface area contributed by atoms with E-state index in [4.69, 9.17) is 5.73 Å². The highest BCUT2D eigenvalue weighted by molar-refractivity contribution is 5.36. The highest BCUT2D eigenvalue weighted by atomic mass is 15.2. The predicted molar refractivity (Wildman–Crippen MR) is 63.0 cm³/mol. The molecule has 4 nitrogen and oxygen atoms in total. The SMILES string of the molecule is Cc1ncc(N(C)CCC(C)N)nc1C. The van der Waals surface area contributed by atoms with Gasteiger partial charge in [-0.2, -0.15) is 0 Å². The van der Waals surface area contributed by atoms with Crippen LogP contribution in [0.3, 0.4) is 0 Å². The fraction of sp³-hybridized carbons (Fsp3) is 0.636. The second-order valence-electron chi connectivity index (χ2n) is 4.09. The van der Waals surface area contributed by atoms with Gasteiger partial charge in [-0.3, -0.25) is 4.98 Å². The van der Waals surface area contributed by atoms with Crippen molar-refractivity contribution < 1.29 is 0 Å². The van der Waals surface area contributed by atoms with E-state index in [2.05, 4.69) is 14.9 Å². The molecule has 1 atom stereocenters. The fourth-order valence-electron chi connectivity index (χ4n) is 1.23. The molecule has 0 aromatic carbocycles. The lowest BCUT2D eigenvalue weighted by atomic mass is 10.2. The summed E-state index contributed by atoms with van der Waals surface area (Å²) < 4.78 is 0. The maximum atomic E-state index is 5.71. The van der Waals surface area contributed by atoms with Crippen LogP contribution in [0.15, 0.2) is 6.20 Å². The van der Waals surface area contributed by atoms with Crippen LogP contribution in [0, 0.1) is 13.8 Å². The first-order chi connectivity index (χ1) is 7.00. The Kier molecular flexibility index (Phi) is 4.03. The normalized spacial score (nSPS) is 12.6. The number of hydrogen-bond donors (Lipinski definition) is 1. The molecule has 0 aliphatic rings. The Hall–Kier alpha value is -1.16. The average molecular weight is 208 g/mol. The van der Waals surface area contributed by atoms with Crippen molar-refractivity contribution in [2.24, 2.45) is 5.73 Å². The minimum atomic E-state index is 0.229. The van der Waals surface area contributed by atoms with E-state index in [0.717, 1.165) is 30.2 Å². The number of aromatic nitrogens is 2. The van der Waals surface area contributed by atoms with E-state index in [0.29, 0.717) is 0 Å². The molecule has 0 saturated carbocycles. The highest BCUT2D eigenvalue weighted by Crippen LogP contribution is 2.10. The molecule has 1 aromatic rings. The summed E-state index contributed by atoms with van der Waals surface area (Å²) >= 11 is 0. The molecule has 0 spiro atoms. The van der Waals surface area contributed by atoms with E-state index in [9.17, 15) is 0 Å². The first-order valence-electron chi connectivity index (χ1n) is 5.27. The Morgan fingerprint density at radius 3 is 2.60 bits per heavy atom. The summed E-state index contributed by atoms with van der Waals surface area (Å²) in [6, 6.07) is 0.229. The molecule has 84 valence electrons. The van der Waals surface area contributed by atoms with Crippen LogP contribution < -0.4 is 10.6 Å². The number of anilines is 1. The van der Waals surface area contributed by atoms with Crippen molar-refractivity contribution >= 4 is 5.82 Å². The van der Waals surface area contributed by atoms with Crippen LogP contribution in [0.1, 0.15) is 24.7 Å². The van der Waals surface area contributed by atoms with Gasteiger partial charge in [0.05, 0.1) is 17.6 Å². The van der Waals surface area contributed by atoms with Crippen molar-refractivity contribution in [2.45, 2.75) is 33.2 Å². The van der Waals surface area contributed by atoms with Crippen LogP contribution in [0.5, 0.6) is 0 Å². The Morgan fingerprint density at radius 2 is 2.07 bits per heavy atom. The molecule has 0 fully saturated rings. The van der Waals surface area contributed by atoms with E-state index in [1.807, 2.05) is 34.0 Å². The second-order valence-corrected chi connectivity index (χ2v) is 4.09. The largest absolute Gasteiger partial charge is 0.358 e. The van der Waals surface area contributed by atoms with Gasteiger partial charge >= 0.3 is 0 Å². The summed E-state index contributed by atoms with van der Waals surface area (Å²) in [6.07, 6.45) is 2.77. The molecule has 0 amide bonds. The Labute approximate surface area is 91.5 Å². The van der Waals surface area contributed by atoms with Crippen LogP contribution in [-0.2, 0) is 0 Å². The number of nitrogens with zero attached hydrogens (tertiary/aromatic N) is 3. The van der Waals surface area contributed by atoms with Crippen molar-refractivity contribution in [1.82, 2.24) is 9.97 Å². The van der Waals surface area contributed by atoms with Crippen LogP contribution >= 0.6 is 0 Å². The van der Waals surface area contributed by atoms with E-state index >= 15 is 0 Å². The number of aryl methyl sites for hydroxylation is 2. The van der Waals surface area contributed by atoms with Crippen molar-refractivity contribution in [3.8, 4) is 0 Å². The minimum Gasteiger partial charge on any atom is -0.358 e. The molecule has 0 radical (unpaired) electrons. The van der Waals surface area contributed by atoms with Gasteiger partial charge in [0.25, 0.3) is 0 Å². The smallest absolute Gasteiger partial charge is 0.147 e. The van der Waals surface area contributed by atoms with Crippen molar-refractivity contribution in [3.05, 3.63) is 17.6 Å². The standard InChI is InChI=1S/C11H20N4/c1-8(12)5-6-15(4)11-7-13-9(2)10(3)14-11/h7-8H,5-6,12H2,1-4H3. The van der Waals surface area contributed by atoms with Gasteiger partial charge in [-0.15, -0.1) is 0 Å². The summed E-state index contributed by atoms with van der Waals surface area (Å²) in [5.41, 5.74) is 7.68. The van der Waals surface area contributed by atoms with Crippen molar-refractivity contribution in [3.63, 3.8) is 0 Å². The quantitative estimate of drug-likeness (QED) is 0.809. The Balaban J connectivity index is 2.65. The maximum Gasteiger partial charge on any atom is 0.147 e. The van der Waals surface area contributed by atoms with Crippen LogP contribution in [0.2, 0.25) is 0 Å². The molecule has 1 rings (SSSR count). The first-order valence-corrected chi connectivity index (χ1v) is 5.27. The molecule has 4 heteroatoms. The summed E-state index contributed by atoms with van der Waals surface area (Å²) in [4.78, 5) is 10.9. The number of hydrogen-bond acceptors (Lipinski definition) is 4. The molecule has 0 aliphatic carbocycles. The van der Waals surface area contributed by atoms with Gasteiger partial charge in [-0.1, -0.05) is 0 Å². The lowest BCUT2D eigenvalue weighted by molar-refractivity contribution is 0.655.